The van der Waals surface area contributed by atoms with Crippen LogP contribution in [0.1, 0.15) is 22.1 Å². The first kappa shape index (κ1) is 21.3. The van der Waals surface area contributed by atoms with Crippen LogP contribution in [0.25, 0.3) is 11.1 Å². The van der Waals surface area contributed by atoms with Gasteiger partial charge in [-0.25, -0.2) is 0 Å². The fourth-order valence-electron chi connectivity index (χ4n) is 3.94. The van der Waals surface area contributed by atoms with E-state index in [2.05, 4.69) is 34.6 Å². The predicted octanol–water partition coefficient (Wildman–Crippen LogP) is 3.68. The Morgan fingerprint density at radius 1 is 1.15 bits per heavy atom. The second-order valence-electron chi connectivity index (χ2n) is 7.98. The molecule has 1 N–H and O–H groups in total. The molecule has 2 amide bonds. The van der Waals surface area contributed by atoms with Crippen LogP contribution in [0.4, 0.5) is 0 Å². The molecule has 0 radical (unpaired) electrons. The number of pyridine rings is 1. The Hall–Kier alpha value is -3.52. The molecule has 2 aromatic carbocycles. The van der Waals surface area contributed by atoms with Gasteiger partial charge in [-0.2, -0.15) is 0 Å². The van der Waals surface area contributed by atoms with Crippen LogP contribution in [0, 0.1) is 6.92 Å². The van der Waals surface area contributed by atoms with Gasteiger partial charge in [0.15, 0.2) is 11.5 Å². The number of nitrogens with zero attached hydrogens (tertiary/aromatic N) is 2. The number of carbonyl (C=O) groups excluding carboxylic acids is 2. The Bertz CT molecular complexity index is 1200. The number of benzene rings is 2. The van der Waals surface area contributed by atoms with Crippen LogP contribution < -0.4 is 14.8 Å². The van der Waals surface area contributed by atoms with E-state index in [4.69, 9.17) is 9.47 Å². The number of nitrogens with one attached hydrogen (secondary N) is 1. The fraction of sp³-hybridized carbons (Fsp3) is 0.240. The molecular formula is C25H23N3O4S. The van der Waals surface area contributed by atoms with Gasteiger partial charge < -0.3 is 19.7 Å². The summed E-state index contributed by atoms with van der Waals surface area (Å²) in [6.07, 6.45) is 3.55. The van der Waals surface area contributed by atoms with Crippen molar-refractivity contribution in [3.05, 3.63) is 77.6 Å². The molecule has 8 heteroatoms. The number of fused-ring (bicyclic) bond motifs is 1. The lowest BCUT2D eigenvalue weighted by molar-refractivity contribution is -0.133. The third-order valence-electron chi connectivity index (χ3n) is 5.69. The van der Waals surface area contributed by atoms with E-state index in [9.17, 15) is 9.59 Å². The first-order valence-electron chi connectivity index (χ1n) is 10.7. The number of thioether (sulfide) groups is 1. The van der Waals surface area contributed by atoms with Gasteiger partial charge in [-0.15, -0.1) is 11.8 Å². The zero-order chi connectivity index (χ0) is 22.8. The molecule has 3 aromatic rings. The highest BCUT2D eigenvalue weighted by Crippen LogP contribution is 2.42. The normalized spacial score (nSPS) is 16.8. The third kappa shape index (κ3) is 4.52. The summed E-state index contributed by atoms with van der Waals surface area (Å²) < 4.78 is 10.7. The van der Waals surface area contributed by atoms with E-state index in [0.29, 0.717) is 23.8 Å². The second-order valence-corrected chi connectivity index (χ2v) is 9.05. The van der Waals surface area contributed by atoms with E-state index in [-0.39, 0.29) is 30.5 Å². The lowest BCUT2D eigenvalue weighted by Gasteiger charge is -2.25. The van der Waals surface area contributed by atoms with Crippen LogP contribution in [0.3, 0.4) is 0 Å². The number of aromatic nitrogens is 1. The summed E-state index contributed by atoms with van der Waals surface area (Å²) in [7, 11) is 0. The van der Waals surface area contributed by atoms with Crippen LogP contribution >= 0.6 is 11.8 Å². The van der Waals surface area contributed by atoms with Gasteiger partial charge in [-0.1, -0.05) is 35.9 Å². The number of carbonyl (C=O) groups is 2. The molecule has 5 rings (SSSR count). The molecule has 1 atom stereocenters. The second kappa shape index (κ2) is 9.15. The summed E-state index contributed by atoms with van der Waals surface area (Å²) >= 11 is 1.52. The van der Waals surface area contributed by atoms with E-state index in [1.165, 1.54) is 17.3 Å². The summed E-state index contributed by atoms with van der Waals surface area (Å²) in [6.45, 7) is 2.59. The van der Waals surface area contributed by atoms with Gasteiger partial charge in [0, 0.05) is 24.5 Å². The molecule has 1 fully saturated rings. The van der Waals surface area contributed by atoms with Crippen molar-refractivity contribution in [2.24, 2.45) is 0 Å². The van der Waals surface area contributed by atoms with Gasteiger partial charge in [0.1, 0.15) is 11.9 Å². The molecule has 1 unspecified atom stereocenters. The van der Waals surface area contributed by atoms with E-state index < -0.39 is 0 Å². The summed E-state index contributed by atoms with van der Waals surface area (Å²) in [5, 5.41) is 2.64. The average molecular weight is 462 g/mol. The molecule has 2 aliphatic heterocycles. The minimum Gasteiger partial charge on any atom is -0.454 e. The first-order valence-corrected chi connectivity index (χ1v) is 11.7. The molecule has 7 nitrogen and oxygen atoms in total. The van der Waals surface area contributed by atoms with Crippen LogP contribution in [0.5, 0.6) is 11.5 Å². The van der Waals surface area contributed by atoms with Crippen molar-refractivity contribution in [2.75, 3.05) is 19.1 Å². The zero-order valence-electron chi connectivity index (χ0n) is 18.1. The van der Waals surface area contributed by atoms with E-state index in [0.717, 1.165) is 22.3 Å². The van der Waals surface area contributed by atoms with Gasteiger partial charge >= 0.3 is 0 Å². The van der Waals surface area contributed by atoms with Crippen LogP contribution in [0.15, 0.2) is 60.9 Å². The number of hydrogen-bond acceptors (Lipinski definition) is 6. The molecule has 3 heterocycles. The zero-order valence-corrected chi connectivity index (χ0v) is 18.9. The molecule has 0 aliphatic carbocycles. The number of aryl methyl sites for hydroxylation is 1. The summed E-state index contributed by atoms with van der Waals surface area (Å²) in [4.78, 5) is 31.3. The minimum absolute atomic E-state index is 0.0106. The molecule has 168 valence electrons. The van der Waals surface area contributed by atoms with Crippen LogP contribution in [-0.4, -0.2) is 40.8 Å². The highest BCUT2D eigenvalue weighted by Gasteiger charge is 2.35. The maximum absolute atomic E-state index is 12.7. The molecule has 1 aromatic heterocycles. The number of hydrogen-bond donors (Lipinski definition) is 1. The quantitative estimate of drug-likeness (QED) is 0.603. The summed E-state index contributed by atoms with van der Waals surface area (Å²) in [6, 6.07) is 15.8. The topological polar surface area (TPSA) is 80.8 Å². The number of amides is 2. The van der Waals surface area contributed by atoms with E-state index in [1.807, 2.05) is 31.2 Å². The Morgan fingerprint density at radius 2 is 1.97 bits per heavy atom. The van der Waals surface area contributed by atoms with Gasteiger partial charge in [0.2, 0.25) is 18.6 Å². The molecular weight excluding hydrogens is 438 g/mol. The highest BCUT2D eigenvalue weighted by molar-refractivity contribution is 8.00. The van der Waals surface area contributed by atoms with Crippen molar-refractivity contribution >= 4 is 23.6 Å². The molecule has 33 heavy (non-hydrogen) atoms. The van der Waals surface area contributed by atoms with Crippen LogP contribution in [0.2, 0.25) is 0 Å². The standard InChI is InChI=1S/C25H23N3O4S/c1-16-2-5-18(6-3-16)19-8-9-26-12-20(19)25-28(24(30)14-33-25)13-23(29)27-11-17-4-7-21-22(10-17)32-15-31-21/h2-10,12,25H,11,13-15H2,1H3,(H,27,29). The number of ether oxygens (including phenoxy) is 2. The molecule has 0 saturated carbocycles. The monoisotopic (exact) mass is 461 g/mol. The molecule has 0 spiro atoms. The van der Waals surface area contributed by atoms with Crippen molar-refractivity contribution < 1.29 is 19.1 Å². The average Bonchev–Trinajstić information content (AvgIpc) is 3.44. The van der Waals surface area contributed by atoms with Crippen molar-refractivity contribution in [2.45, 2.75) is 18.8 Å². The SMILES string of the molecule is Cc1ccc(-c2ccncc2C2SCC(=O)N2CC(=O)NCc2ccc3c(c2)OCO3)cc1. The minimum atomic E-state index is -0.265. The Balaban J connectivity index is 1.30. The molecule has 2 aliphatic rings. The van der Waals surface area contributed by atoms with Crippen LogP contribution in [-0.2, 0) is 16.1 Å². The van der Waals surface area contributed by atoms with Crippen molar-refractivity contribution in [1.82, 2.24) is 15.2 Å². The maximum Gasteiger partial charge on any atom is 0.239 e. The third-order valence-corrected chi connectivity index (χ3v) is 6.93. The predicted molar refractivity (Wildman–Crippen MR) is 126 cm³/mol. The highest BCUT2D eigenvalue weighted by atomic mass is 32.2. The lowest BCUT2D eigenvalue weighted by Crippen LogP contribution is -2.39. The Morgan fingerprint density at radius 3 is 2.82 bits per heavy atom. The van der Waals surface area contributed by atoms with Gasteiger partial charge in [0.25, 0.3) is 0 Å². The van der Waals surface area contributed by atoms with Crippen molar-refractivity contribution in [3.8, 4) is 22.6 Å². The summed E-state index contributed by atoms with van der Waals surface area (Å²) in [5.74, 6) is 1.44. The maximum atomic E-state index is 12.7. The molecule has 1 saturated heterocycles. The van der Waals surface area contributed by atoms with Gasteiger partial charge in [-0.05, 0) is 41.8 Å². The van der Waals surface area contributed by atoms with Crippen molar-refractivity contribution in [3.63, 3.8) is 0 Å². The van der Waals surface area contributed by atoms with E-state index in [1.54, 1.807) is 17.3 Å². The first-order chi connectivity index (χ1) is 16.1. The Labute approximate surface area is 196 Å². The smallest absolute Gasteiger partial charge is 0.239 e. The fourth-order valence-corrected chi connectivity index (χ4v) is 5.15. The lowest BCUT2D eigenvalue weighted by atomic mass is 10.00. The van der Waals surface area contributed by atoms with E-state index >= 15 is 0 Å². The van der Waals surface area contributed by atoms with Gasteiger partial charge in [-0.3, -0.25) is 14.6 Å². The number of rotatable bonds is 6. The van der Waals surface area contributed by atoms with Gasteiger partial charge in [0.05, 0.1) is 5.75 Å². The largest absolute Gasteiger partial charge is 0.454 e. The van der Waals surface area contributed by atoms with Crippen molar-refractivity contribution in [1.29, 1.82) is 0 Å². The Kier molecular flexibility index (Phi) is 5.92. The summed E-state index contributed by atoms with van der Waals surface area (Å²) in [5.41, 5.74) is 5.09. The molecule has 0 bridgehead atoms.